The van der Waals surface area contributed by atoms with E-state index in [4.69, 9.17) is 5.26 Å². The number of benzene rings is 3. The molecular formula is C23H15F7N2O3S. The molecule has 0 amide bonds. The first kappa shape index (κ1) is 27.0. The second-order valence-electron chi connectivity index (χ2n) is 7.53. The maximum Gasteiger partial charge on any atom is 0.430 e. The van der Waals surface area contributed by atoms with Crippen LogP contribution in [0.2, 0.25) is 0 Å². The maximum absolute atomic E-state index is 13.4. The van der Waals surface area contributed by atoms with Crippen LogP contribution >= 0.6 is 0 Å². The van der Waals surface area contributed by atoms with Crippen LogP contribution in [0.5, 0.6) is 0 Å². The summed E-state index contributed by atoms with van der Waals surface area (Å²) in [5.41, 5.74) is -6.90. The first-order chi connectivity index (χ1) is 16.6. The normalized spacial score (nSPS) is 12.8. The molecule has 5 nitrogen and oxygen atoms in total. The molecule has 0 aliphatic carbocycles. The molecule has 0 fully saturated rings. The van der Waals surface area contributed by atoms with E-state index in [0.29, 0.717) is 28.6 Å². The van der Waals surface area contributed by atoms with Crippen LogP contribution < -0.4 is 4.31 Å². The van der Waals surface area contributed by atoms with Gasteiger partial charge >= 0.3 is 12.4 Å². The van der Waals surface area contributed by atoms with Crippen LogP contribution in [0.25, 0.3) is 0 Å². The van der Waals surface area contributed by atoms with Gasteiger partial charge in [0.15, 0.2) is 0 Å². The first-order valence-corrected chi connectivity index (χ1v) is 11.3. The third kappa shape index (κ3) is 5.00. The Morgan fingerprint density at radius 1 is 0.861 bits per heavy atom. The molecule has 0 saturated heterocycles. The fraction of sp³-hybridized carbons (Fsp3) is 0.174. The van der Waals surface area contributed by atoms with Crippen molar-refractivity contribution in [3.63, 3.8) is 0 Å². The second-order valence-corrected chi connectivity index (χ2v) is 9.39. The van der Waals surface area contributed by atoms with E-state index in [9.17, 15) is 44.3 Å². The number of rotatable bonds is 6. The van der Waals surface area contributed by atoms with Gasteiger partial charge in [-0.1, -0.05) is 30.3 Å². The number of anilines is 1. The van der Waals surface area contributed by atoms with Crippen molar-refractivity contribution in [2.75, 3.05) is 4.31 Å². The number of aliphatic hydroxyl groups is 1. The zero-order valence-electron chi connectivity index (χ0n) is 17.8. The van der Waals surface area contributed by atoms with Crippen molar-refractivity contribution in [2.45, 2.75) is 29.4 Å². The van der Waals surface area contributed by atoms with Gasteiger partial charge in [0.25, 0.3) is 15.6 Å². The lowest BCUT2D eigenvalue weighted by atomic mass is 9.92. The highest BCUT2D eigenvalue weighted by molar-refractivity contribution is 7.92. The van der Waals surface area contributed by atoms with Crippen LogP contribution in [0.3, 0.4) is 0 Å². The van der Waals surface area contributed by atoms with E-state index in [0.717, 1.165) is 24.3 Å². The average Bonchev–Trinajstić information content (AvgIpc) is 2.81. The summed E-state index contributed by atoms with van der Waals surface area (Å²) in [5.74, 6) is -0.627. The minimum atomic E-state index is -6.12. The van der Waals surface area contributed by atoms with Crippen molar-refractivity contribution in [1.82, 2.24) is 0 Å². The molecule has 190 valence electrons. The topological polar surface area (TPSA) is 81.4 Å². The minimum Gasteiger partial charge on any atom is -0.369 e. The van der Waals surface area contributed by atoms with Crippen LogP contribution in [-0.2, 0) is 22.2 Å². The molecule has 0 aliphatic rings. The Hall–Kier alpha value is -3.63. The summed E-state index contributed by atoms with van der Waals surface area (Å²) in [6.07, 6.45) is -12.2. The molecule has 36 heavy (non-hydrogen) atoms. The van der Waals surface area contributed by atoms with Gasteiger partial charge in [0.05, 0.1) is 28.8 Å². The minimum absolute atomic E-state index is 0.0198. The zero-order chi connectivity index (χ0) is 26.9. The van der Waals surface area contributed by atoms with Crippen LogP contribution in [0.15, 0.2) is 77.7 Å². The van der Waals surface area contributed by atoms with Crippen LogP contribution in [-0.4, -0.2) is 25.9 Å². The van der Waals surface area contributed by atoms with Gasteiger partial charge in [-0.3, -0.25) is 4.31 Å². The maximum atomic E-state index is 13.4. The molecule has 0 radical (unpaired) electrons. The lowest BCUT2D eigenvalue weighted by Gasteiger charge is -2.33. The summed E-state index contributed by atoms with van der Waals surface area (Å²) >= 11 is 0. The summed E-state index contributed by atoms with van der Waals surface area (Å²) in [7, 11) is -4.52. The average molecular weight is 532 g/mol. The molecule has 1 N–H and O–H groups in total. The highest BCUT2D eigenvalue weighted by Crippen LogP contribution is 2.50. The van der Waals surface area contributed by atoms with Crippen molar-refractivity contribution < 1.29 is 44.3 Å². The van der Waals surface area contributed by atoms with E-state index in [2.05, 4.69) is 0 Å². The number of halogens is 7. The Balaban J connectivity index is 2.14. The Bertz CT molecular complexity index is 1370. The van der Waals surface area contributed by atoms with Gasteiger partial charge < -0.3 is 5.11 Å². The lowest BCUT2D eigenvalue weighted by Crippen LogP contribution is -2.53. The Labute approximate surface area is 200 Å². The molecule has 0 saturated carbocycles. The first-order valence-electron chi connectivity index (χ1n) is 9.85. The number of sulfonamides is 1. The predicted octanol–water partition coefficient (Wildman–Crippen LogP) is 5.41. The number of hydrogen-bond donors (Lipinski definition) is 1. The van der Waals surface area contributed by atoms with E-state index in [1.165, 1.54) is 24.3 Å². The molecule has 13 heteroatoms. The van der Waals surface area contributed by atoms with Gasteiger partial charge in [-0.15, -0.1) is 0 Å². The Kier molecular flexibility index (Phi) is 7.07. The fourth-order valence-electron chi connectivity index (χ4n) is 3.28. The Morgan fingerprint density at radius 2 is 1.42 bits per heavy atom. The molecule has 0 spiro atoms. The summed E-state index contributed by atoms with van der Waals surface area (Å²) in [6, 6.07) is 13.1. The monoisotopic (exact) mass is 532 g/mol. The van der Waals surface area contributed by atoms with Crippen LogP contribution in [0.1, 0.15) is 16.7 Å². The second kappa shape index (κ2) is 9.44. The molecule has 3 aromatic carbocycles. The highest BCUT2D eigenvalue weighted by atomic mass is 32.2. The third-order valence-electron chi connectivity index (χ3n) is 5.18. The zero-order valence-corrected chi connectivity index (χ0v) is 18.7. The number of alkyl halides is 6. The van der Waals surface area contributed by atoms with E-state index in [1.54, 1.807) is 6.07 Å². The fourth-order valence-corrected chi connectivity index (χ4v) is 4.78. The van der Waals surface area contributed by atoms with Crippen molar-refractivity contribution >= 4 is 15.7 Å². The predicted molar refractivity (Wildman–Crippen MR) is 113 cm³/mol. The molecule has 0 heterocycles. The number of nitriles is 1. The standard InChI is InChI=1S/C23H15F7N2O3S/c24-18-8-4-15(5-9-18)14-32(36(34,35)20-3-1-2-16(12-20)13-31)19-10-6-17(7-11-19)21(33,22(25,26)27)23(28,29)30/h1-12,33H,14H2. The SMILES string of the molecule is N#Cc1cccc(S(=O)(=O)N(Cc2ccc(F)cc2)c2ccc(C(O)(C(F)(F)F)C(F)(F)F)cc2)c1. The lowest BCUT2D eigenvalue weighted by molar-refractivity contribution is -0.376. The van der Waals surface area contributed by atoms with Crippen molar-refractivity contribution in [3.05, 3.63) is 95.3 Å². The summed E-state index contributed by atoms with van der Waals surface area (Å²) in [5, 5.41) is 18.7. The number of nitrogens with zero attached hydrogens (tertiary/aromatic N) is 2. The van der Waals surface area contributed by atoms with Gasteiger partial charge in [0.1, 0.15) is 5.82 Å². The van der Waals surface area contributed by atoms with Crippen LogP contribution in [0, 0.1) is 17.1 Å². The van der Waals surface area contributed by atoms with Crippen molar-refractivity contribution in [2.24, 2.45) is 0 Å². The Morgan fingerprint density at radius 3 is 1.92 bits per heavy atom. The summed E-state index contributed by atoms with van der Waals surface area (Å²) < 4.78 is 120. The van der Waals surface area contributed by atoms with Gasteiger partial charge in [-0.25, -0.2) is 12.8 Å². The molecule has 0 aromatic heterocycles. The summed E-state index contributed by atoms with van der Waals surface area (Å²) in [6.45, 7) is -0.485. The number of hydrogen-bond acceptors (Lipinski definition) is 4. The highest BCUT2D eigenvalue weighted by Gasteiger charge is 2.71. The molecule has 3 aromatic rings. The van der Waals surface area contributed by atoms with Gasteiger partial charge in [-0.2, -0.15) is 31.6 Å². The summed E-state index contributed by atoms with van der Waals surface area (Å²) in [4.78, 5) is -0.380. The van der Waals surface area contributed by atoms with Crippen molar-refractivity contribution in [3.8, 4) is 6.07 Å². The van der Waals surface area contributed by atoms with E-state index >= 15 is 0 Å². The molecule has 0 bridgehead atoms. The van der Waals surface area contributed by atoms with Gasteiger partial charge in [0.2, 0.25) is 0 Å². The van der Waals surface area contributed by atoms with E-state index in [-0.39, 0.29) is 21.7 Å². The molecule has 0 aliphatic heterocycles. The molecule has 0 atom stereocenters. The molecule has 0 unspecified atom stereocenters. The molecular weight excluding hydrogens is 517 g/mol. The van der Waals surface area contributed by atoms with E-state index < -0.39 is 45.9 Å². The van der Waals surface area contributed by atoms with Gasteiger partial charge in [-0.05, 0) is 48.0 Å². The largest absolute Gasteiger partial charge is 0.430 e. The third-order valence-corrected chi connectivity index (χ3v) is 6.95. The quantitative estimate of drug-likeness (QED) is 0.431. The van der Waals surface area contributed by atoms with Crippen LogP contribution in [0.4, 0.5) is 36.4 Å². The smallest absolute Gasteiger partial charge is 0.369 e. The van der Waals surface area contributed by atoms with Gasteiger partial charge in [0, 0.05) is 5.56 Å². The van der Waals surface area contributed by atoms with Crippen molar-refractivity contribution in [1.29, 1.82) is 5.26 Å². The van der Waals surface area contributed by atoms with E-state index in [1.807, 2.05) is 0 Å². The molecule has 3 rings (SSSR count).